The van der Waals surface area contributed by atoms with Gasteiger partial charge in [0.15, 0.2) is 0 Å². The quantitative estimate of drug-likeness (QED) is 0.451. The van der Waals surface area contributed by atoms with Gasteiger partial charge in [0.1, 0.15) is 11.5 Å². The first-order chi connectivity index (χ1) is 15.2. The van der Waals surface area contributed by atoms with Gasteiger partial charge in [0.25, 0.3) is 15.9 Å². The number of aromatic nitrogens is 4. The Morgan fingerprint density at radius 1 is 1.16 bits per heavy atom. The summed E-state index contributed by atoms with van der Waals surface area (Å²) in [6.07, 6.45) is 6.09. The minimum Gasteiger partial charge on any atom is -0.284 e. The third-order valence-electron chi connectivity index (χ3n) is 4.95. The zero-order chi connectivity index (χ0) is 23.0. The Hall–Kier alpha value is -3.43. The number of sulfonamides is 1. The van der Waals surface area contributed by atoms with Crippen molar-refractivity contribution in [2.45, 2.75) is 18.7 Å². The highest BCUT2D eigenvalue weighted by molar-refractivity contribution is 7.90. The molecule has 0 atom stereocenters. The number of nitrogens with zero attached hydrogens (tertiary/aromatic N) is 4. The summed E-state index contributed by atoms with van der Waals surface area (Å²) in [5.74, 6) is -0.128. The highest BCUT2D eigenvalue weighted by Gasteiger charge is 2.19. The van der Waals surface area contributed by atoms with E-state index in [4.69, 9.17) is 11.6 Å². The summed E-state index contributed by atoms with van der Waals surface area (Å²) in [7, 11) is -2.21. The van der Waals surface area contributed by atoms with Crippen LogP contribution in [0.5, 0.6) is 0 Å². The van der Waals surface area contributed by atoms with Crippen molar-refractivity contribution < 1.29 is 13.2 Å². The van der Waals surface area contributed by atoms with Crippen LogP contribution in [0.1, 0.15) is 16.8 Å². The largest absolute Gasteiger partial charge is 0.284 e. The Morgan fingerprint density at radius 2 is 1.88 bits per heavy atom. The van der Waals surface area contributed by atoms with E-state index in [9.17, 15) is 13.2 Å². The van der Waals surface area contributed by atoms with Crippen LogP contribution in [0.2, 0.25) is 5.02 Å². The molecule has 1 amide bonds. The number of aryl methyl sites for hydroxylation is 3. The molecule has 0 bridgehead atoms. The molecule has 0 aliphatic rings. The molecule has 0 radical (unpaired) electrons. The lowest BCUT2D eigenvalue weighted by Gasteiger charge is -2.07. The third kappa shape index (κ3) is 4.04. The number of fused-ring (bicyclic) bond motifs is 1. The molecule has 1 aromatic carbocycles. The standard InChI is InChI=1S/C22H20ClN5O3S/c1-14-6-8-16(9-7-14)32(30,31)26-20(29)11-10-17-15(2)25-27(3)22(17)28-13-19(23)18-5-4-12-24-21(18)28/h4-13H,1-3H3,(H,26,29). The third-order valence-corrected chi connectivity index (χ3v) is 6.61. The van der Waals surface area contributed by atoms with Crippen LogP contribution < -0.4 is 4.72 Å². The van der Waals surface area contributed by atoms with Crippen molar-refractivity contribution in [2.24, 2.45) is 7.05 Å². The van der Waals surface area contributed by atoms with Gasteiger partial charge in [0.2, 0.25) is 0 Å². The molecule has 0 spiro atoms. The Bertz CT molecular complexity index is 1470. The van der Waals surface area contributed by atoms with Gasteiger partial charge in [-0.15, -0.1) is 0 Å². The smallest absolute Gasteiger partial charge is 0.264 e. The van der Waals surface area contributed by atoms with Crippen LogP contribution in [0.3, 0.4) is 0 Å². The fourth-order valence-corrected chi connectivity index (χ4v) is 4.62. The molecular weight excluding hydrogens is 450 g/mol. The van der Waals surface area contributed by atoms with E-state index < -0.39 is 15.9 Å². The van der Waals surface area contributed by atoms with Crippen molar-refractivity contribution in [1.29, 1.82) is 0 Å². The van der Waals surface area contributed by atoms with E-state index in [1.807, 2.05) is 13.0 Å². The molecule has 0 saturated carbocycles. The van der Waals surface area contributed by atoms with Gasteiger partial charge in [-0.25, -0.2) is 18.1 Å². The monoisotopic (exact) mass is 469 g/mol. The molecule has 0 aliphatic heterocycles. The lowest BCUT2D eigenvalue weighted by molar-refractivity contribution is -0.114. The average Bonchev–Trinajstić information content (AvgIpc) is 3.21. The van der Waals surface area contributed by atoms with Gasteiger partial charge in [-0.2, -0.15) is 5.10 Å². The van der Waals surface area contributed by atoms with E-state index in [2.05, 4.69) is 14.8 Å². The van der Waals surface area contributed by atoms with Gasteiger partial charge >= 0.3 is 0 Å². The number of carbonyl (C=O) groups is 1. The predicted octanol–water partition coefficient (Wildman–Crippen LogP) is 3.55. The maximum Gasteiger partial charge on any atom is 0.264 e. The summed E-state index contributed by atoms with van der Waals surface area (Å²) >= 11 is 6.37. The lowest BCUT2D eigenvalue weighted by Crippen LogP contribution is -2.28. The predicted molar refractivity (Wildman–Crippen MR) is 123 cm³/mol. The van der Waals surface area contributed by atoms with Gasteiger partial charge in [-0.05, 0) is 44.2 Å². The molecule has 3 aromatic heterocycles. The molecular formula is C22H20ClN5O3S. The first-order valence-electron chi connectivity index (χ1n) is 9.64. The fraction of sp³-hybridized carbons (Fsp3) is 0.136. The van der Waals surface area contributed by atoms with Gasteiger partial charge in [-0.3, -0.25) is 14.0 Å². The highest BCUT2D eigenvalue weighted by Crippen LogP contribution is 2.29. The number of hydrogen-bond donors (Lipinski definition) is 1. The van der Waals surface area contributed by atoms with Crippen LogP contribution in [0.4, 0.5) is 0 Å². The first kappa shape index (κ1) is 21.8. The highest BCUT2D eigenvalue weighted by atomic mass is 35.5. The van der Waals surface area contributed by atoms with Gasteiger partial charge in [0.05, 0.1) is 15.6 Å². The normalized spacial score (nSPS) is 12.0. The molecule has 32 heavy (non-hydrogen) atoms. The fourth-order valence-electron chi connectivity index (χ4n) is 3.43. The molecule has 0 unspecified atom stereocenters. The van der Waals surface area contributed by atoms with Crippen molar-refractivity contribution in [3.63, 3.8) is 0 Å². The van der Waals surface area contributed by atoms with Crippen molar-refractivity contribution in [2.75, 3.05) is 0 Å². The summed E-state index contributed by atoms with van der Waals surface area (Å²) in [5.41, 5.74) is 2.85. The second-order valence-corrected chi connectivity index (χ2v) is 9.37. The second kappa shape index (κ2) is 8.25. The number of nitrogens with one attached hydrogen (secondary N) is 1. The first-order valence-corrected chi connectivity index (χ1v) is 11.5. The van der Waals surface area contributed by atoms with Crippen LogP contribution in [-0.4, -0.2) is 33.7 Å². The maximum atomic E-state index is 12.5. The molecule has 3 heterocycles. The van der Waals surface area contributed by atoms with Crippen molar-refractivity contribution >= 4 is 44.6 Å². The summed E-state index contributed by atoms with van der Waals surface area (Å²) in [6.45, 7) is 3.65. The summed E-state index contributed by atoms with van der Waals surface area (Å²) in [6, 6.07) is 9.90. The summed E-state index contributed by atoms with van der Waals surface area (Å²) in [4.78, 5) is 16.8. The average molecular weight is 470 g/mol. The molecule has 8 nitrogen and oxygen atoms in total. The van der Waals surface area contributed by atoms with Gasteiger partial charge in [0, 0.05) is 36.5 Å². The van der Waals surface area contributed by atoms with Crippen LogP contribution >= 0.6 is 11.6 Å². The molecule has 4 rings (SSSR count). The van der Waals surface area contributed by atoms with Gasteiger partial charge in [-0.1, -0.05) is 29.3 Å². The lowest BCUT2D eigenvalue weighted by atomic mass is 10.2. The van der Waals surface area contributed by atoms with E-state index in [-0.39, 0.29) is 4.90 Å². The number of halogens is 1. The van der Waals surface area contributed by atoms with Crippen molar-refractivity contribution in [1.82, 2.24) is 24.1 Å². The Balaban J connectivity index is 1.67. The minimum atomic E-state index is -3.98. The van der Waals surface area contributed by atoms with Crippen molar-refractivity contribution in [3.05, 3.63) is 76.7 Å². The SMILES string of the molecule is Cc1ccc(S(=O)(=O)NC(=O)C=Cc2c(C)nn(C)c2-n2cc(Cl)c3cccnc32)cc1. The van der Waals surface area contributed by atoms with Crippen LogP contribution in [0.25, 0.3) is 22.9 Å². The zero-order valence-corrected chi connectivity index (χ0v) is 19.1. The Kier molecular flexibility index (Phi) is 5.62. The van der Waals surface area contributed by atoms with Crippen LogP contribution in [0, 0.1) is 13.8 Å². The molecule has 164 valence electrons. The number of pyridine rings is 1. The second-order valence-electron chi connectivity index (χ2n) is 7.28. The summed E-state index contributed by atoms with van der Waals surface area (Å²) in [5, 5.41) is 5.75. The minimum absolute atomic E-state index is 0.0163. The number of benzene rings is 1. The summed E-state index contributed by atoms with van der Waals surface area (Å²) < 4.78 is 30.4. The Labute approximate surface area is 190 Å². The number of hydrogen-bond acceptors (Lipinski definition) is 5. The number of carbonyl (C=O) groups excluding carboxylic acids is 1. The zero-order valence-electron chi connectivity index (χ0n) is 17.6. The molecule has 4 aromatic rings. The van der Waals surface area contributed by atoms with E-state index in [1.54, 1.807) is 53.8 Å². The van der Waals surface area contributed by atoms with E-state index >= 15 is 0 Å². The molecule has 0 saturated heterocycles. The molecule has 10 heteroatoms. The number of amides is 1. The van der Waals surface area contributed by atoms with E-state index in [1.165, 1.54) is 24.3 Å². The Morgan fingerprint density at radius 3 is 2.59 bits per heavy atom. The van der Waals surface area contributed by atoms with Crippen LogP contribution in [0.15, 0.2) is 59.8 Å². The maximum absolute atomic E-state index is 12.5. The number of rotatable bonds is 5. The van der Waals surface area contributed by atoms with Gasteiger partial charge < -0.3 is 0 Å². The van der Waals surface area contributed by atoms with Crippen molar-refractivity contribution in [3.8, 4) is 5.82 Å². The topological polar surface area (TPSA) is 98.9 Å². The van der Waals surface area contributed by atoms with Crippen LogP contribution in [-0.2, 0) is 21.9 Å². The molecule has 0 fully saturated rings. The molecule has 1 N–H and O–H groups in total. The van der Waals surface area contributed by atoms with E-state index in [0.29, 0.717) is 27.7 Å². The van der Waals surface area contributed by atoms with E-state index in [0.717, 1.165) is 10.9 Å². The molecule has 0 aliphatic carbocycles.